The van der Waals surface area contributed by atoms with Crippen LogP contribution in [0.25, 0.3) is 0 Å². The summed E-state index contributed by atoms with van der Waals surface area (Å²) >= 11 is 0. The molecule has 0 saturated heterocycles. The summed E-state index contributed by atoms with van der Waals surface area (Å²) in [6.07, 6.45) is -0.480. The standard InChI is InChI=1S/C4H10N2O3.CH4/c1-6-4(7)8-2-3-9-5;/h2-3,5H2,1H3,(H,6,7);1H4. The predicted molar refractivity (Wildman–Crippen MR) is 37.3 cm³/mol. The van der Waals surface area contributed by atoms with Gasteiger partial charge in [0.1, 0.15) is 13.2 Å². The molecule has 0 aliphatic heterocycles. The molecule has 0 bridgehead atoms. The second-order valence-electron chi connectivity index (χ2n) is 1.26. The molecule has 0 aliphatic rings. The summed E-state index contributed by atoms with van der Waals surface area (Å²) in [5.41, 5.74) is 0. The Morgan fingerprint density at radius 1 is 1.60 bits per heavy atom. The lowest BCUT2D eigenvalue weighted by molar-refractivity contribution is 0.0742. The quantitative estimate of drug-likeness (QED) is 0.434. The third kappa shape index (κ3) is 7.19. The summed E-state index contributed by atoms with van der Waals surface area (Å²) in [6.45, 7) is 0.392. The largest absolute Gasteiger partial charge is 0.447 e. The molecule has 0 aromatic heterocycles. The van der Waals surface area contributed by atoms with Crippen molar-refractivity contribution < 1.29 is 14.4 Å². The molecule has 0 fully saturated rings. The molecule has 0 heterocycles. The van der Waals surface area contributed by atoms with Gasteiger partial charge in [-0.25, -0.2) is 10.7 Å². The third-order valence-electron chi connectivity index (χ3n) is 0.638. The van der Waals surface area contributed by atoms with Gasteiger partial charge < -0.3 is 14.9 Å². The van der Waals surface area contributed by atoms with Crippen molar-refractivity contribution in [3.05, 3.63) is 0 Å². The summed E-state index contributed by atoms with van der Waals surface area (Å²) in [7, 11) is 1.48. The van der Waals surface area contributed by atoms with Gasteiger partial charge in [-0.15, -0.1) is 0 Å². The Labute approximate surface area is 60.4 Å². The summed E-state index contributed by atoms with van der Waals surface area (Å²) in [6, 6.07) is 0. The molecule has 0 aromatic rings. The predicted octanol–water partition coefficient (Wildman–Crippen LogP) is -0.131. The van der Waals surface area contributed by atoms with Gasteiger partial charge in [-0.2, -0.15) is 0 Å². The van der Waals surface area contributed by atoms with E-state index in [1.807, 2.05) is 0 Å². The molecule has 0 radical (unpaired) electrons. The monoisotopic (exact) mass is 150 g/mol. The first-order valence-corrected chi connectivity index (χ1v) is 2.47. The van der Waals surface area contributed by atoms with E-state index in [0.29, 0.717) is 0 Å². The maximum Gasteiger partial charge on any atom is 0.406 e. The molecule has 1 amide bonds. The van der Waals surface area contributed by atoms with Crippen LogP contribution >= 0.6 is 0 Å². The SMILES string of the molecule is C.CNC(=O)OCCON. The van der Waals surface area contributed by atoms with Crippen LogP contribution in [0.4, 0.5) is 4.79 Å². The van der Waals surface area contributed by atoms with Gasteiger partial charge in [0.25, 0.3) is 0 Å². The highest BCUT2D eigenvalue weighted by Crippen LogP contribution is 1.74. The zero-order chi connectivity index (χ0) is 7.11. The number of hydrogen-bond acceptors (Lipinski definition) is 4. The third-order valence-corrected chi connectivity index (χ3v) is 0.638. The summed E-state index contributed by atoms with van der Waals surface area (Å²) in [4.78, 5) is 14.4. The Morgan fingerprint density at radius 2 is 2.20 bits per heavy atom. The molecule has 0 rings (SSSR count). The van der Waals surface area contributed by atoms with E-state index in [9.17, 15) is 4.79 Å². The highest BCUT2D eigenvalue weighted by Gasteiger charge is 1.93. The van der Waals surface area contributed by atoms with Gasteiger partial charge in [-0.05, 0) is 0 Å². The molecule has 10 heavy (non-hydrogen) atoms. The minimum absolute atomic E-state index is 0. The van der Waals surface area contributed by atoms with E-state index in [4.69, 9.17) is 0 Å². The van der Waals surface area contributed by atoms with Gasteiger partial charge in [0.2, 0.25) is 0 Å². The van der Waals surface area contributed by atoms with Crippen LogP contribution in [0.15, 0.2) is 0 Å². The van der Waals surface area contributed by atoms with Crippen molar-refractivity contribution in [1.29, 1.82) is 0 Å². The smallest absolute Gasteiger partial charge is 0.406 e. The normalized spacial score (nSPS) is 7.80. The number of nitrogens with two attached hydrogens (primary N) is 1. The van der Waals surface area contributed by atoms with Crippen molar-refractivity contribution in [2.45, 2.75) is 7.43 Å². The van der Waals surface area contributed by atoms with E-state index in [-0.39, 0.29) is 20.6 Å². The Balaban J connectivity index is 0. The second kappa shape index (κ2) is 8.19. The lowest BCUT2D eigenvalue weighted by Gasteiger charge is -2.00. The van der Waals surface area contributed by atoms with Crippen LogP contribution in [0, 0.1) is 0 Å². The minimum atomic E-state index is -0.480. The van der Waals surface area contributed by atoms with Gasteiger partial charge in [0, 0.05) is 7.05 Å². The zero-order valence-corrected chi connectivity index (χ0v) is 5.22. The average molecular weight is 150 g/mol. The van der Waals surface area contributed by atoms with Crippen LogP contribution in [-0.2, 0) is 9.57 Å². The summed E-state index contributed by atoms with van der Waals surface area (Å²) in [5.74, 6) is 4.64. The van der Waals surface area contributed by atoms with E-state index in [0.717, 1.165) is 0 Å². The number of hydrogen-bond donors (Lipinski definition) is 2. The molecule has 3 N–H and O–H groups in total. The van der Waals surface area contributed by atoms with E-state index < -0.39 is 6.09 Å². The van der Waals surface area contributed by atoms with Crippen LogP contribution in [-0.4, -0.2) is 26.4 Å². The number of alkyl carbamates (subject to hydrolysis) is 1. The fraction of sp³-hybridized carbons (Fsp3) is 0.800. The van der Waals surface area contributed by atoms with Crippen LogP contribution < -0.4 is 11.2 Å². The van der Waals surface area contributed by atoms with E-state index >= 15 is 0 Å². The van der Waals surface area contributed by atoms with Crippen LogP contribution in [0.1, 0.15) is 7.43 Å². The molecule has 0 spiro atoms. The Bertz CT molecular complexity index is 87.0. The number of rotatable bonds is 3. The molecule has 0 aromatic carbocycles. The number of amides is 1. The van der Waals surface area contributed by atoms with Gasteiger partial charge in [-0.1, -0.05) is 7.43 Å². The summed E-state index contributed by atoms with van der Waals surface area (Å²) in [5, 5.41) is 2.27. The Kier molecular flexibility index (Phi) is 9.77. The van der Waals surface area contributed by atoms with Crippen molar-refractivity contribution >= 4 is 6.09 Å². The molecule has 62 valence electrons. The summed E-state index contributed by atoms with van der Waals surface area (Å²) < 4.78 is 4.48. The van der Waals surface area contributed by atoms with Gasteiger partial charge in [0.05, 0.1) is 0 Å². The number of carbonyl (C=O) groups excluding carboxylic acids is 1. The van der Waals surface area contributed by atoms with Crippen molar-refractivity contribution in [2.75, 3.05) is 20.3 Å². The van der Waals surface area contributed by atoms with Crippen molar-refractivity contribution in [2.24, 2.45) is 5.90 Å². The molecular formula is C5H14N2O3. The second-order valence-corrected chi connectivity index (χ2v) is 1.26. The number of carbonyl (C=O) groups is 1. The molecule has 5 nitrogen and oxygen atoms in total. The highest BCUT2D eigenvalue weighted by atomic mass is 16.6. The Hall–Kier alpha value is -0.810. The van der Waals surface area contributed by atoms with Crippen molar-refractivity contribution in [1.82, 2.24) is 5.32 Å². The van der Waals surface area contributed by atoms with Crippen molar-refractivity contribution in [3.8, 4) is 0 Å². The van der Waals surface area contributed by atoms with E-state index in [1.54, 1.807) is 0 Å². The topological polar surface area (TPSA) is 73.6 Å². The van der Waals surface area contributed by atoms with Gasteiger partial charge >= 0.3 is 6.09 Å². The van der Waals surface area contributed by atoms with Gasteiger partial charge in [0.15, 0.2) is 0 Å². The Morgan fingerprint density at radius 3 is 2.60 bits per heavy atom. The molecule has 5 heteroatoms. The molecule has 0 saturated carbocycles. The minimum Gasteiger partial charge on any atom is -0.447 e. The first-order chi connectivity index (χ1) is 4.31. The van der Waals surface area contributed by atoms with E-state index in [1.165, 1.54) is 7.05 Å². The van der Waals surface area contributed by atoms with Gasteiger partial charge in [-0.3, -0.25) is 0 Å². The average Bonchev–Trinajstić information content (AvgIpc) is 1.89. The first-order valence-electron chi connectivity index (χ1n) is 2.47. The maximum absolute atomic E-state index is 10.3. The number of ether oxygens (including phenoxy) is 1. The zero-order valence-electron chi connectivity index (χ0n) is 5.22. The number of nitrogens with one attached hydrogen (secondary N) is 1. The molecule has 0 atom stereocenters. The van der Waals surface area contributed by atoms with Crippen molar-refractivity contribution in [3.63, 3.8) is 0 Å². The van der Waals surface area contributed by atoms with E-state index in [2.05, 4.69) is 20.8 Å². The molecule has 0 aliphatic carbocycles. The molecular weight excluding hydrogens is 136 g/mol. The molecule has 0 unspecified atom stereocenters. The van der Waals surface area contributed by atoms with Crippen LogP contribution in [0.3, 0.4) is 0 Å². The highest BCUT2D eigenvalue weighted by molar-refractivity contribution is 5.66. The fourth-order valence-electron chi connectivity index (χ4n) is 0.255. The maximum atomic E-state index is 10.3. The fourth-order valence-corrected chi connectivity index (χ4v) is 0.255. The first kappa shape index (κ1) is 11.9. The van der Waals surface area contributed by atoms with Crippen LogP contribution in [0.2, 0.25) is 0 Å². The van der Waals surface area contributed by atoms with Crippen LogP contribution in [0.5, 0.6) is 0 Å². The lowest BCUT2D eigenvalue weighted by Crippen LogP contribution is -2.21. The lowest BCUT2D eigenvalue weighted by atomic mass is 10.8.